The van der Waals surface area contributed by atoms with Crippen LogP contribution in [0.2, 0.25) is 0 Å². The number of benzene rings is 2. The Morgan fingerprint density at radius 1 is 1.14 bits per heavy atom. The number of ether oxygens (including phenoxy) is 1. The van der Waals surface area contributed by atoms with Crippen LogP contribution in [0.4, 0.5) is 10.1 Å². The summed E-state index contributed by atoms with van der Waals surface area (Å²) in [4.78, 5) is 9.79. The van der Waals surface area contributed by atoms with Gasteiger partial charge in [-0.05, 0) is 55.2 Å². The van der Waals surface area contributed by atoms with E-state index in [0.717, 1.165) is 61.3 Å². The van der Waals surface area contributed by atoms with E-state index < -0.39 is 0 Å². The largest absolute Gasteiger partial charge is 0.494 e. The molecule has 2 aromatic carbocycles. The number of likely N-dealkylation sites (tertiary alicyclic amines) is 1. The lowest BCUT2D eigenvalue weighted by Gasteiger charge is -2.38. The molecule has 4 nitrogen and oxygen atoms in total. The van der Waals surface area contributed by atoms with E-state index in [2.05, 4.69) is 41.1 Å². The Bertz CT molecular complexity index is 834. The van der Waals surface area contributed by atoms with Crippen molar-refractivity contribution < 1.29 is 9.13 Å². The predicted molar refractivity (Wildman–Crippen MR) is 119 cm³/mol. The number of fused-ring (bicyclic) bond motifs is 1. The third-order valence-electron chi connectivity index (χ3n) is 5.67. The standard InChI is InChI=1S/C23H28FN3OS/c1-26(23-25-22-6-3-2-5-18(22)17-29-23)20-11-14-27(15-12-20)13-4-16-28-21-9-7-19(24)8-10-21/h2-3,5-10,20H,4,11-17H2,1H3. The van der Waals surface area contributed by atoms with E-state index in [0.29, 0.717) is 12.6 Å². The second-order valence-electron chi connectivity index (χ2n) is 7.65. The van der Waals surface area contributed by atoms with Crippen molar-refractivity contribution in [3.8, 4) is 5.75 Å². The summed E-state index contributed by atoms with van der Waals surface area (Å²) < 4.78 is 18.6. The first kappa shape index (κ1) is 20.2. The number of thioether (sulfide) groups is 1. The molecule has 1 fully saturated rings. The summed E-state index contributed by atoms with van der Waals surface area (Å²) in [5.74, 6) is 1.51. The number of halogens is 1. The van der Waals surface area contributed by atoms with E-state index in [-0.39, 0.29) is 5.82 Å². The number of rotatable bonds is 6. The van der Waals surface area contributed by atoms with Crippen LogP contribution in [0.3, 0.4) is 0 Å². The molecule has 0 N–H and O–H groups in total. The monoisotopic (exact) mass is 413 g/mol. The van der Waals surface area contributed by atoms with Gasteiger partial charge < -0.3 is 14.5 Å². The Balaban J connectivity index is 1.19. The molecule has 0 amide bonds. The number of amidine groups is 1. The smallest absolute Gasteiger partial charge is 0.164 e. The summed E-state index contributed by atoms with van der Waals surface area (Å²) in [5.41, 5.74) is 2.44. The van der Waals surface area contributed by atoms with Crippen LogP contribution in [0.1, 0.15) is 24.8 Å². The van der Waals surface area contributed by atoms with Gasteiger partial charge in [-0.3, -0.25) is 0 Å². The fraction of sp³-hybridized carbons (Fsp3) is 0.435. The van der Waals surface area contributed by atoms with Gasteiger partial charge in [0.1, 0.15) is 11.6 Å². The van der Waals surface area contributed by atoms with Crippen LogP contribution >= 0.6 is 11.8 Å². The first-order valence-corrected chi connectivity index (χ1v) is 11.3. The summed E-state index contributed by atoms with van der Waals surface area (Å²) in [6, 6.07) is 15.2. The fourth-order valence-electron chi connectivity index (χ4n) is 3.90. The van der Waals surface area contributed by atoms with E-state index in [9.17, 15) is 4.39 Å². The molecule has 2 heterocycles. The lowest BCUT2D eigenvalue weighted by atomic mass is 10.0. The molecule has 2 aliphatic rings. The van der Waals surface area contributed by atoms with Gasteiger partial charge in [0.25, 0.3) is 0 Å². The first-order valence-electron chi connectivity index (χ1n) is 10.3. The summed E-state index contributed by atoms with van der Waals surface area (Å²) in [7, 11) is 2.19. The average Bonchev–Trinajstić information content (AvgIpc) is 2.77. The molecule has 0 aromatic heterocycles. The Kier molecular flexibility index (Phi) is 6.72. The molecular formula is C23H28FN3OS. The van der Waals surface area contributed by atoms with Gasteiger partial charge in [-0.25, -0.2) is 9.38 Å². The molecule has 1 saturated heterocycles. The molecule has 0 aliphatic carbocycles. The van der Waals surface area contributed by atoms with Crippen molar-refractivity contribution in [1.29, 1.82) is 0 Å². The van der Waals surface area contributed by atoms with Gasteiger partial charge in [-0.2, -0.15) is 0 Å². The van der Waals surface area contributed by atoms with Crippen LogP contribution in [0.15, 0.2) is 53.5 Å². The minimum Gasteiger partial charge on any atom is -0.494 e. The van der Waals surface area contributed by atoms with Gasteiger partial charge in [-0.15, -0.1) is 0 Å². The topological polar surface area (TPSA) is 28.1 Å². The Hall–Kier alpha value is -2.05. The highest BCUT2D eigenvalue weighted by atomic mass is 32.2. The van der Waals surface area contributed by atoms with E-state index in [1.807, 2.05) is 11.8 Å². The van der Waals surface area contributed by atoms with Crippen molar-refractivity contribution in [2.24, 2.45) is 4.99 Å². The Morgan fingerprint density at radius 3 is 2.69 bits per heavy atom. The van der Waals surface area contributed by atoms with E-state index in [1.54, 1.807) is 12.1 Å². The molecule has 2 aromatic rings. The second kappa shape index (κ2) is 9.63. The molecular weight excluding hydrogens is 385 g/mol. The zero-order valence-corrected chi connectivity index (χ0v) is 17.7. The van der Waals surface area contributed by atoms with Crippen molar-refractivity contribution in [2.75, 3.05) is 33.3 Å². The zero-order valence-electron chi connectivity index (χ0n) is 16.9. The predicted octanol–water partition coefficient (Wildman–Crippen LogP) is 4.93. The Morgan fingerprint density at radius 2 is 1.90 bits per heavy atom. The lowest BCUT2D eigenvalue weighted by Crippen LogP contribution is -2.45. The van der Waals surface area contributed by atoms with Crippen LogP contribution in [-0.4, -0.2) is 54.3 Å². The summed E-state index contributed by atoms with van der Waals surface area (Å²) in [6.45, 7) is 3.93. The molecule has 0 saturated carbocycles. The maximum atomic E-state index is 12.9. The molecule has 29 heavy (non-hydrogen) atoms. The zero-order chi connectivity index (χ0) is 20.1. The number of aliphatic imine (C=N–C) groups is 1. The molecule has 154 valence electrons. The fourth-order valence-corrected chi connectivity index (χ4v) is 4.94. The minimum absolute atomic E-state index is 0.230. The van der Waals surface area contributed by atoms with Crippen LogP contribution < -0.4 is 4.74 Å². The van der Waals surface area contributed by atoms with Gasteiger partial charge in [0.2, 0.25) is 0 Å². The molecule has 0 radical (unpaired) electrons. The van der Waals surface area contributed by atoms with Crippen LogP contribution in [0.5, 0.6) is 5.75 Å². The van der Waals surface area contributed by atoms with Crippen molar-refractivity contribution >= 4 is 22.6 Å². The third-order valence-corrected chi connectivity index (χ3v) is 6.76. The summed E-state index contributed by atoms with van der Waals surface area (Å²) in [6.07, 6.45) is 3.31. The summed E-state index contributed by atoms with van der Waals surface area (Å²) >= 11 is 1.85. The molecule has 4 rings (SSSR count). The van der Waals surface area contributed by atoms with Gasteiger partial charge in [0.05, 0.1) is 12.3 Å². The Labute approximate surface area is 176 Å². The second-order valence-corrected chi connectivity index (χ2v) is 8.59. The molecule has 6 heteroatoms. The van der Waals surface area contributed by atoms with Gasteiger partial charge in [-0.1, -0.05) is 30.0 Å². The SMILES string of the molecule is CN(C1=Nc2ccccc2CS1)C1CCN(CCCOc2ccc(F)cc2)CC1. The van der Waals surface area contributed by atoms with Gasteiger partial charge in [0, 0.05) is 38.5 Å². The quantitative estimate of drug-likeness (QED) is 0.628. The lowest BCUT2D eigenvalue weighted by molar-refractivity contribution is 0.157. The number of hydrogen-bond donors (Lipinski definition) is 0. The maximum Gasteiger partial charge on any atom is 0.164 e. The van der Waals surface area contributed by atoms with Gasteiger partial charge >= 0.3 is 0 Å². The highest BCUT2D eigenvalue weighted by Gasteiger charge is 2.26. The molecule has 0 unspecified atom stereocenters. The van der Waals surface area contributed by atoms with Crippen molar-refractivity contribution in [3.05, 3.63) is 59.9 Å². The normalized spacial score (nSPS) is 17.5. The molecule has 2 aliphatic heterocycles. The van der Waals surface area contributed by atoms with Crippen molar-refractivity contribution in [1.82, 2.24) is 9.80 Å². The van der Waals surface area contributed by atoms with Gasteiger partial charge in [0.15, 0.2) is 5.17 Å². The average molecular weight is 414 g/mol. The van der Waals surface area contributed by atoms with Crippen molar-refractivity contribution in [3.63, 3.8) is 0 Å². The number of piperidine rings is 1. The van der Waals surface area contributed by atoms with Crippen molar-refractivity contribution in [2.45, 2.75) is 31.1 Å². The van der Waals surface area contributed by atoms with E-state index in [1.165, 1.54) is 17.7 Å². The highest BCUT2D eigenvalue weighted by molar-refractivity contribution is 8.13. The maximum absolute atomic E-state index is 12.9. The number of hydrogen-bond acceptors (Lipinski definition) is 5. The van der Waals surface area contributed by atoms with Crippen LogP contribution in [0.25, 0.3) is 0 Å². The third kappa shape index (κ3) is 5.31. The molecule has 0 bridgehead atoms. The number of para-hydroxylation sites is 1. The van der Waals surface area contributed by atoms with Crippen LogP contribution in [-0.2, 0) is 5.75 Å². The number of nitrogens with zero attached hydrogens (tertiary/aromatic N) is 3. The highest BCUT2D eigenvalue weighted by Crippen LogP contribution is 2.32. The van der Waals surface area contributed by atoms with E-state index >= 15 is 0 Å². The van der Waals surface area contributed by atoms with E-state index in [4.69, 9.17) is 9.73 Å². The van der Waals surface area contributed by atoms with Crippen LogP contribution in [0, 0.1) is 5.82 Å². The first-order chi connectivity index (χ1) is 14.2. The summed E-state index contributed by atoms with van der Waals surface area (Å²) in [5, 5.41) is 1.15. The molecule has 0 spiro atoms. The minimum atomic E-state index is -0.230. The molecule has 0 atom stereocenters.